The molecular formula is C17H14BrN3O3S. The summed E-state index contributed by atoms with van der Waals surface area (Å²) in [6.45, 7) is 1.94. The standard InChI is InChI=1S/C17H14BrN3O3S/c1-2-21(17-20-13-5-3-4-6-14(13)25-17)15(22)10-24-16(23)11-7-12(18)9-19-8-11/h3-9H,2,10H2,1H3. The van der Waals surface area contributed by atoms with Crippen molar-refractivity contribution in [3.05, 3.63) is 52.8 Å². The highest BCUT2D eigenvalue weighted by Crippen LogP contribution is 2.28. The van der Waals surface area contributed by atoms with E-state index in [1.165, 1.54) is 22.4 Å². The quantitative estimate of drug-likeness (QED) is 0.589. The molecule has 8 heteroatoms. The van der Waals surface area contributed by atoms with Gasteiger partial charge in [0.15, 0.2) is 11.7 Å². The van der Waals surface area contributed by atoms with E-state index in [1.807, 2.05) is 31.2 Å². The van der Waals surface area contributed by atoms with Crippen molar-refractivity contribution in [2.45, 2.75) is 6.92 Å². The first-order valence-corrected chi connectivity index (χ1v) is 9.13. The summed E-state index contributed by atoms with van der Waals surface area (Å²) in [5.41, 5.74) is 1.12. The van der Waals surface area contributed by atoms with Crippen LogP contribution in [0.1, 0.15) is 17.3 Å². The lowest BCUT2D eigenvalue weighted by molar-refractivity contribution is -0.121. The lowest BCUT2D eigenvalue weighted by Gasteiger charge is -2.17. The number of anilines is 1. The minimum absolute atomic E-state index is 0.283. The van der Waals surface area contributed by atoms with Crippen molar-refractivity contribution in [1.29, 1.82) is 0 Å². The number of esters is 1. The summed E-state index contributed by atoms with van der Waals surface area (Å²) in [4.78, 5) is 34.4. The van der Waals surface area contributed by atoms with Crippen molar-refractivity contribution >= 4 is 54.5 Å². The molecule has 3 rings (SSSR count). The maximum atomic E-state index is 12.4. The minimum Gasteiger partial charge on any atom is -0.452 e. The Bertz CT molecular complexity index is 895. The number of carbonyl (C=O) groups excluding carboxylic acids is 2. The van der Waals surface area contributed by atoms with E-state index in [9.17, 15) is 9.59 Å². The van der Waals surface area contributed by atoms with Crippen molar-refractivity contribution in [2.24, 2.45) is 0 Å². The number of hydrogen-bond acceptors (Lipinski definition) is 6. The maximum absolute atomic E-state index is 12.4. The van der Waals surface area contributed by atoms with Crippen LogP contribution in [0.15, 0.2) is 47.2 Å². The molecule has 0 unspecified atom stereocenters. The van der Waals surface area contributed by atoms with Gasteiger partial charge in [-0.3, -0.25) is 14.7 Å². The van der Waals surface area contributed by atoms with Gasteiger partial charge in [-0.1, -0.05) is 23.5 Å². The average Bonchev–Trinajstić information content (AvgIpc) is 3.03. The Balaban J connectivity index is 1.69. The highest BCUT2D eigenvalue weighted by molar-refractivity contribution is 9.10. The molecule has 0 aliphatic carbocycles. The summed E-state index contributed by atoms with van der Waals surface area (Å²) in [7, 11) is 0. The second kappa shape index (κ2) is 7.71. The van der Waals surface area contributed by atoms with Crippen LogP contribution in [0.25, 0.3) is 10.2 Å². The third-order valence-electron chi connectivity index (χ3n) is 3.40. The van der Waals surface area contributed by atoms with Gasteiger partial charge in [0.1, 0.15) is 0 Å². The van der Waals surface area contributed by atoms with Crippen LogP contribution in [-0.2, 0) is 9.53 Å². The lowest BCUT2D eigenvalue weighted by Crippen LogP contribution is -2.34. The molecule has 0 saturated heterocycles. The highest BCUT2D eigenvalue weighted by Gasteiger charge is 2.20. The molecule has 1 aromatic carbocycles. The summed E-state index contributed by atoms with van der Waals surface area (Å²) in [5, 5.41) is 0.592. The summed E-state index contributed by atoms with van der Waals surface area (Å²) < 4.78 is 6.77. The molecule has 25 heavy (non-hydrogen) atoms. The molecule has 128 valence electrons. The Morgan fingerprint density at radius 3 is 2.80 bits per heavy atom. The number of hydrogen-bond donors (Lipinski definition) is 0. The predicted octanol–water partition coefficient (Wildman–Crippen LogP) is 3.66. The van der Waals surface area contributed by atoms with Gasteiger partial charge >= 0.3 is 5.97 Å². The number of ether oxygens (including phenoxy) is 1. The number of aromatic nitrogens is 2. The van der Waals surface area contributed by atoms with E-state index < -0.39 is 5.97 Å². The average molecular weight is 420 g/mol. The van der Waals surface area contributed by atoms with Crippen LogP contribution in [0.2, 0.25) is 0 Å². The van der Waals surface area contributed by atoms with Gasteiger partial charge in [0.2, 0.25) is 0 Å². The van der Waals surface area contributed by atoms with Gasteiger partial charge in [-0.05, 0) is 41.1 Å². The molecule has 1 amide bonds. The van der Waals surface area contributed by atoms with Crippen molar-refractivity contribution in [2.75, 3.05) is 18.1 Å². The fraction of sp³-hybridized carbons (Fsp3) is 0.176. The third-order valence-corrected chi connectivity index (χ3v) is 4.89. The van der Waals surface area contributed by atoms with Crippen LogP contribution in [0.4, 0.5) is 5.13 Å². The van der Waals surface area contributed by atoms with Gasteiger partial charge in [-0.15, -0.1) is 0 Å². The first-order valence-electron chi connectivity index (χ1n) is 7.52. The lowest BCUT2D eigenvalue weighted by atomic mass is 10.3. The number of halogens is 1. The smallest absolute Gasteiger partial charge is 0.340 e. The van der Waals surface area contributed by atoms with Crippen LogP contribution in [0.3, 0.4) is 0 Å². The Morgan fingerprint density at radius 2 is 2.08 bits per heavy atom. The van der Waals surface area contributed by atoms with E-state index in [2.05, 4.69) is 25.9 Å². The van der Waals surface area contributed by atoms with Crippen LogP contribution in [0.5, 0.6) is 0 Å². The van der Waals surface area contributed by atoms with Gasteiger partial charge in [-0.25, -0.2) is 9.78 Å². The molecule has 0 saturated carbocycles. The van der Waals surface area contributed by atoms with Gasteiger partial charge in [0.05, 0.1) is 15.8 Å². The second-order valence-electron chi connectivity index (χ2n) is 5.07. The van der Waals surface area contributed by atoms with Crippen molar-refractivity contribution in [1.82, 2.24) is 9.97 Å². The molecule has 0 radical (unpaired) electrons. The number of amides is 1. The largest absolute Gasteiger partial charge is 0.452 e. The normalized spacial score (nSPS) is 10.6. The van der Waals surface area contributed by atoms with E-state index in [4.69, 9.17) is 4.74 Å². The van der Waals surface area contributed by atoms with Crippen LogP contribution in [0, 0.1) is 0 Å². The molecule has 0 aliphatic heterocycles. The minimum atomic E-state index is -0.595. The first kappa shape index (κ1) is 17.5. The number of fused-ring (bicyclic) bond motifs is 1. The van der Waals surface area contributed by atoms with Crippen molar-refractivity contribution in [3.8, 4) is 0 Å². The topological polar surface area (TPSA) is 72.4 Å². The number of carbonyl (C=O) groups is 2. The fourth-order valence-electron chi connectivity index (χ4n) is 2.21. The van der Waals surface area contributed by atoms with Crippen LogP contribution >= 0.6 is 27.3 Å². The zero-order valence-corrected chi connectivity index (χ0v) is 15.7. The molecule has 2 aromatic heterocycles. The first-order chi connectivity index (χ1) is 12.1. The molecule has 3 aromatic rings. The molecule has 0 N–H and O–H groups in total. The van der Waals surface area contributed by atoms with E-state index in [0.717, 1.165) is 10.2 Å². The number of rotatable bonds is 5. The Hall–Kier alpha value is -2.32. The van der Waals surface area contributed by atoms with Gasteiger partial charge in [0, 0.05) is 23.4 Å². The molecule has 0 bridgehead atoms. The van der Waals surface area contributed by atoms with E-state index in [1.54, 1.807) is 12.3 Å². The van der Waals surface area contributed by atoms with E-state index in [-0.39, 0.29) is 18.1 Å². The number of likely N-dealkylation sites (N-methyl/N-ethyl adjacent to an activating group) is 1. The number of thiazole rings is 1. The number of benzene rings is 1. The highest BCUT2D eigenvalue weighted by atomic mass is 79.9. The predicted molar refractivity (Wildman–Crippen MR) is 99.9 cm³/mol. The van der Waals surface area contributed by atoms with Crippen LogP contribution < -0.4 is 4.90 Å². The summed E-state index contributed by atoms with van der Waals surface area (Å²) in [6.07, 6.45) is 2.95. The van der Waals surface area contributed by atoms with Crippen LogP contribution in [-0.4, -0.2) is 35.0 Å². The number of pyridine rings is 1. The van der Waals surface area contributed by atoms with Crippen molar-refractivity contribution in [3.63, 3.8) is 0 Å². The molecule has 2 heterocycles. The zero-order chi connectivity index (χ0) is 17.8. The van der Waals surface area contributed by atoms with Gasteiger partial charge < -0.3 is 4.74 Å². The van der Waals surface area contributed by atoms with E-state index in [0.29, 0.717) is 16.1 Å². The van der Waals surface area contributed by atoms with Gasteiger partial charge in [0.25, 0.3) is 5.91 Å². The fourth-order valence-corrected chi connectivity index (χ4v) is 3.62. The third kappa shape index (κ3) is 4.02. The molecule has 0 aliphatic rings. The van der Waals surface area contributed by atoms with Gasteiger partial charge in [-0.2, -0.15) is 0 Å². The summed E-state index contributed by atoms with van der Waals surface area (Å²) >= 11 is 4.67. The molecular weight excluding hydrogens is 406 g/mol. The number of nitrogens with zero attached hydrogens (tertiary/aromatic N) is 3. The van der Waals surface area contributed by atoms with Crippen molar-refractivity contribution < 1.29 is 14.3 Å². The Kier molecular flexibility index (Phi) is 5.40. The number of para-hydroxylation sites is 1. The summed E-state index contributed by atoms with van der Waals surface area (Å²) in [6, 6.07) is 9.27. The van der Waals surface area contributed by atoms with E-state index >= 15 is 0 Å². The second-order valence-corrected chi connectivity index (χ2v) is 6.99. The molecule has 6 nitrogen and oxygen atoms in total. The zero-order valence-electron chi connectivity index (χ0n) is 13.3. The molecule has 0 spiro atoms. The molecule has 0 atom stereocenters. The SMILES string of the molecule is CCN(C(=O)COC(=O)c1cncc(Br)c1)c1nc2ccccc2s1. The Labute approximate surface area is 156 Å². The maximum Gasteiger partial charge on any atom is 0.340 e. The Morgan fingerprint density at radius 1 is 1.28 bits per heavy atom. The monoisotopic (exact) mass is 419 g/mol. The molecule has 0 fully saturated rings. The summed E-state index contributed by atoms with van der Waals surface area (Å²) in [5.74, 6) is -0.916.